The maximum Gasteiger partial charge on any atom is 0.221 e. The first-order valence-corrected chi connectivity index (χ1v) is 7.84. The van der Waals surface area contributed by atoms with E-state index in [2.05, 4.69) is 10.6 Å². The standard InChI is InChI=1S/C16H23ClN2O/c1-12(20)19-16-9-8-14(10-15(16)17)18-11-13-6-4-2-3-5-7-13/h8-10,13,18H,2-7,11H2,1H3,(H,19,20). The second-order valence-corrected chi connectivity index (χ2v) is 6.02. The van der Waals surface area contributed by atoms with Crippen LogP contribution in [0, 0.1) is 5.92 Å². The predicted octanol–water partition coefficient (Wildman–Crippen LogP) is 4.68. The molecule has 3 nitrogen and oxygen atoms in total. The van der Waals surface area contributed by atoms with E-state index >= 15 is 0 Å². The summed E-state index contributed by atoms with van der Waals surface area (Å²) in [6.07, 6.45) is 8.13. The molecular formula is C16H23ClN2O. The number of carbonyl (C=O) groups excluding carboxylic acids is 1. The Morgan fingerprint density at radius 2 is 1.95 bits per heavy atom. The molecule has 0 bridgehead atoms. The number of nitrogens with one attached hydrogen (secondary N) is 2. The van der Waals surface area contributed by atoms with Crippen LogP contribution in [0.4, 0.5) is 11.4 Å². The summed E-state index contributed by atoms with van der Waals surface area (Å²) < 4.78 is 0. The van der Waals surface area contributed by atoms with Crippen molar-refractivity contribution in [2.45, 2.75) is 45.4 Å². The van der Waals surface area contributed by atoms with Gasteiger partial charge in [-0.1, -0.05) is 37.3 Å². The number of hydrogen-bond donors (Lipinski definition) is 2. The summed E-state index contributed by atoms with van der Waals surface area (Å²) in [5, 5.41) is 6.76. The summed E-state index contributed by atoms with van der Waals surface area (Å²) >= 11 is 6.17. The van der Waals surface area contributed by atoms with Crippen molar-refractivity contribution in [3.05, 3.63) is 23.2 Å². The molecule has 0 unspecified atom stereocenters. The van der Waals surface area contributed by atoms with E-state index in [1.165, 1.54) is 45.4 Å². The number of halogens is 1. The van der Waals surface area contributed by atoms with Crippen LogP contribution in [0.1, 0.15) is 45.4 Å². The van der Waals surface area contributed by atoms with Crippen molar-refractivity contribution in [3.8, 4) is 0 Å². The van der Waals surface area contributed by atoms with Gasteiger partial charge in [-0.2, -0.15) is 0 Å². The summed E-state index contributed by atoms with van der Waals surface area (Å²) in [4.78, 5) is 11.0. The zero-order chi connectivity index (χ0) is 14.4. The van der Waals surface area contributed by atoms with E-state index in [1.807, 2.05) is 18.2 Å². The molecule has 2 rings (SSSR count). The smallest absolute Gasteiger partial charge is 0.221 e. The lowest BCUT2D eigenvalue weighted by molar-refractivity contribution is -0.114. The molecule has 1 saturated carbocycles. The second-order valence-electron chi connectivity index (χ2n) is 5.61. The van der Waals surface area contributed by atoms with Crippen molar-refractivity contribution >= 4 is 28.9 Å². The third-order valence-electron chi connectivity index (χ3n) is 3.85. The van der Waals surface area contributed by atoms with Crippen molar-refractivity contribution in [3.63, 3.8) is 0 Å². The van der Waals surface area contributed by atoms with Crippen molar-refractivity contribution in [1.82, 2.24) is 0 Å². The van der Waals surface area contributed by atoms with Crippen molar-refractivity contribution < 1.29 is 4.79 Å². The summed E-state index contributed by atoms with van der Waals surface area (Å²) in [6.45, 7) is 2.49. The van der Waals surface area contributed by atoms with Crippen LogP contribution in [0.2, 0.25) is 5.02 Å². The van der Waals surface area contributed by atoms with Gasteiger partial charge >= 0.3 is 0 Å². The Morgan fingerprint density at radius 3 is 2.55 bits per heavy atom. The summed E-state index contributed by atoms with van der Waals surface area (Å²) in [5.41, 5.74) is 1.69. The lowest BCUT2D eigenvalue weighted by atomic mass is 10.0. The quantitative estimate of drug-likeness (QED) is 0.792. The minimum atomic E-state index is -0.105. The fourth-order valence-corrected chi connectivity index (χ4v) is 2.97. The first-order chi connectivity index (χ1) is 9.65. The maximum atomic E-state index is 11.0. The molecule has 110 valence electrons. The maximum absolute atomic E-state index is 11.0. The van der Waals surface area contributed by atoms with Gasteiger partial charge in [0.25, 0.3) is 0 Å². The highest BCUT2D eigenvalue weighted by Gasteiger charge is 2.12. The van der Waals surface area contributed by atoms with Crippen LogP contribution in [0.5, 0.6) is 0 Å². The SMILES string of the molecule is CC(=O)Nc1ccc(NCC2CCCCCC2)cc1Cl. The van der Waals surface area contributed by atoms with Gasteiger partial charge in [-0.3, -0.25) is 4.79 Å². The molecule has 2 N–H and O–H groups in total. The van der Waals surface area contributed by atoms with E-state index in [1.54, 1.807) is 0 Å². The molecule has 20 heavy (non-hydrogen) atoms. The first-order valence-electron chi connectivity index (χ1n) is 7.46. The molecule has 0 heterocycles. The van der Waals surface area contributed by atoms with Gasteiger partial charge < -0.3 is 10.6 Å². The Labute approximate surface area is 126 Å². The van der Waals surface area contributed by atoms with E-state index in [0.717, 1.165) is 18.2 Å². The summed E-state index contributed by atoms with van der Waals surface area (Å²) in [6, 6.07) is 5.69. The predicted molar refractivity (Wildman–Crippen MR) is 85.4 cm³/mol. The van der Waals surface area contributed by atoms with Crippen LogP contribution < -0.4 is 10.6 Å². The van der Waals surface area contributed by atoms with Gasteiger partial charge in [0.15, 0.2) is 0 Å². The number of rotatable bonds is 4. The van der Waals surface area contributed by atoms with E-state index < -0.39 is 0 Å². The van der Waals surface area contributed by atoms with Gasteiger partial charge in [-0.15, -0.1) is 0 Å². The largest absolute Gasteiger partial charge is 0.385 e. The van der Waals surface area contributed by atoms with Gasteiger partial charge in [0.2, 0.25) is 5.91 Å². The lowest BCUT2D eigenvalue weighted by Gasteiger charge is -2.16. The zero-order valence-electron chi connectivity index (χ0n) is 12.0. The molecule has 0 radical (unpaired) electrons. The highest BCUT2D eigenvalue weighted by Crippen LogP contribution is 2.27. The van der Waals surface area contributed by atoms with Crippen molar-refractivity contribution in [2.24, 2.45) is 5.92 Å². The second kappa shape index (κ2) is 7.53. The van der Waals surface area contributed by atoms with E-state index in [9.17, 15) is 4.79 Å². The summed E-state index contributed by atoms with van der Waals surface area (Å²) in [5.74, 6) is 0.664. The fourth-order valence-electron chi connectivity index (χ4n) is 2.75. The van der Waals surface area contributed by atoms with Gasteiger partial charge in [0.05, 0.1) is 10.7 Å². The third-order valence-corrected chi connectivity index (χ3v) is 4.16. The number of carbonyl (C=O) groups is 1. The molecule has 1 amide bonds. The average Bonchev–Trinajstić information content (AvgIpc) is 2.67. The molecule has 1 fully saturated rings. The molecule has 1 aliphatic rings. The van der Waals surface area contributed by atoms with E-state index in [4.69, 9.17) is 11.6 Å². The molecule has 4 heteroatoms. The Bertz CT molecular complexity index is 454. The highest BCUT2D eigenvalue weighted by molar-refractivity contribution is 6.34. The third kappa shape index (κ3) is 4.71. The average molecular weight is 295 g/mol. The summed E-state index contributed by atoms with van der Waals surface area (Å²) in [7, 11) is 0. The molecule has 0 spiro atoms. The molecule has 1 aromatic carbocycles. The van der Waals surface area contributed by atoms with Gasteiger partial charge in [0.1, 0.15) is 0 Å². The van der Waals surface area contributed by atoms with Crippen LogP contribution in [0.25, 0.3) is 0 Å². The Morgan fingerprint density at radius 1 is 1.25 bits per heavy atom. The molecule has 0 saturated heterocycles. The first kappa shape index (κ1) is 15.2. The number of benzene rings is 1. The Hall–Kier alpha value is -1.22. The van der Waals surface area contributed by atoms with Crippen LogP contribution >= 0.6 is 11.6 Å². The normalized spacial score (nSPS) is 16.5. The van der Waals surface area contributed by atoms with Crippen LogP contribution in [0.3, 0.4) is 0 Å². The Balaban J connectivity index is 1.89. The van der Waals surface area contributed by atoms with Gasteiger partial charge in [-0.25, -0.2) is 0 Å². The van der Waals surface area contributed by atoms with Crippen LogP contribution in [-0.2, 0) is 4.79 Å². The Kier molecular flexibility index (Phi) is 5.72. The van der Waals surface area contributed by atoms with E-state index in [0.29, 0.717) is 10.7 Å². The van der Waals surface area contributed by atoms with Crippen LogP contribution in [0.15, 0.2) is 18.2 Å². The molecule has 1 aliphatic carbocycles. The zero-order valence-corrected chi connectivity index (χ0v) is 12.8. The van der Waals surface area contributed by atoms with Crippen molar-refractivity contribution in [1.29, 1.82) is 0 Å². The topological polar surface area (TPSA) is 41.1 Å². The van der Waals surface area contributed by atoms with Crippen LogP contribution in [-0.4, -0.2) is 12.5 Å². The van der Waals surface area contributed by atoms with E-state index in [-0.39, 0.29) is 5.91 Å². The fraction of sp³-hybridized carbons (Fsp3) is 0.562. The number of amides is 1. The molecule has 0 aromatic heterocycles. The lowest BCUT2D eigenvalue weighted by Crippen LogP contribution is -2.13. The van der Waals surface area contributed by atoms with Crippen molar-refractivity contribution in [2.75, 3.05) is 17.2 Å². The number of hydrogen-bond acceptors (Lipinski definition) is 2. The minimum absolute atomic E-state index is 0.105. The molecular weight excluding hydrogens is 272 g/mol. The van der Waals surface area contributed by atoms with Gasteiger partial charge in [0, 0.05) is 19.2 Å². The molecule has 0 aliphatic heterocycles. The van der Waals surface area contributed by atoms with Gasteiger partial charge in [-0.05, 0) is 37.0 Å². The minimum Gasteiger partial charge on any atom is -0.385 e. The highest BCUT2D eigenvalue weighted by atomic mass is 35.5. The molecule has 1 aromatic rings. The number of anilines is 2. The monoisotopic (exact) mass is 294 g/mol. The molecule has 0 atom stereocenters.